The monoisotopic (exact) mass is 285 g/mol. The van der Waals surface area contributed by atoms with Gasteiger partial charge in [0.1, 0.15) is 11.0 Å². The fourth-order valence-electron chi connectivity index (χ4n) is 1.28. The number of nitrogens with zero attached hydrogens (tertiary/aromatic N) is 2. The first-order chi connectivity index (χ1) is 7.08. The molecule has 0 radical (unpaired) electrons. The highest BCUT2D eigenvalue weighted by Crippen LogP contribution is 2.24. The quantitative estimate of drug-likeness (QED) is 0.820. The largest absolute Gasteiger partial charge is 0.322 e. The molecule has 15 heavy (non-hydrogen) atoms. The number of hydrogen-bond acceptors (Lipinski definition) is 3. The van der Waals surface area contributed by atoms with Crippen LogP contribution in [0.5, 0.6) is 0 Å². The average Bonchev–Trinajstić information content (AvgIpc) is 2.18. The van der Waals surface area contributed by atoms with Gasteiger partial charge in [0, 0.05) is 9.86 Å². The zero-order valence-electron chi connectivity index (χ0n) is 8.04. The summed E-state index contributed by atoms with van der Waals surface area (Å²) in [6, 6.07) is 5.48. The van der Waals surface area contributed by atoms with Crippen LogP contribution in [0.1, 0.15) is 18.8 Å². The van der Waals surface area contributed by atoms with E-state index in [1.165, 1.54) is 0 Å². The average molecular weight is 287 g/mol. The van der Waals surface area contributed by atoms with Gasteiger partial charge in [0.05, 0.1) is 11.6 Å². The van der Waals surface area contributed by atoms with Crippen molar-refractivity contribution in [2.75, 3.05) is 0 Å². The number of halogens is 2. The Labute approximate surface area is 101 Å². The van der Waals surface area contributed by atoms with Gasteiger partial charge in [-0.2, -0.15) is 0 Å². The van der Waals surface area contributed by atoms with Crippen LogP contribution >= 0.6 is 27.5 Å². The molecule has 2 rings (SSSR count). The summed E-state index contributed by atoms with van der Waals surface area (Å²) in [5.74, 6) is 0.565. The summed E-state index contributed by atoms with van der Waals surface area (Å²) in [6.07, 6.45) is 0. The molecule has 0 amide bonds. The molecule has 2 N–H and O–H groups in total. The maximum Gasteiger partial charge on any atom is 0.147 e. The second-order valence-electron chi connectivity index (χ2n) is 3.32. The van der Waals surface area contributed by atoms with Crippen molar-refractivity contribution < 1.29 is 0 Å². The first-order valence-electron chi connectivity index (χ1n) is 4.46. The van der Waals surface area contributed by atoms with Crippen molar-refractivity contribution in [1.82, 2.24) is 9.97 Å². The number of aromatic nitrogens is 2. The van der Waals surface area contributed by atoms with Crippen LogP contribution in [-0.2, 0) is 0 Å². The highest BCUT2D eigenvalue weighted by Gasteiger charge is 2.08. The molecule has 0 aliphatic heterocycles. The third-order valence-electron chi connectivity index (χ3n) is 2.04. The molecular weight excluding hydrogens is 277 g/mol. The summed E-state index contributed by atoms with van der Waals surface area (Å²) in [5, 5.41) is 1.27. The zero-order valence-corrected chi connectivity index (χ0v) is 10.4. The van der Waals surface area contributed by atoms with Gasteiger partial charge in [0.25, 0.3) is 0 Å². The van der Waals surface area contributed by atoms with Gasteiger partial charge in [-0.05, 0) is 25.1 Å². The Hall–Kier alpha value is -0.710. The van der Waals surface area contributed by atoms with E-state index < -0.39 is 0 Å². The van der Waals surface area contributed by atoms with Crippen molar-refractivity contribution in [3.8, 4) is 0 Å². The third kappa shape index (κ3) is 2.12. The maximum absolute atomic E-state index is 6.05. The molecule has 0 fully saturated rings. The molecule has 78 valence electrons. The lowest BCUT2D eigenvalue weighted by Gasteiger charge is -2.06. The van der Waals surface area contributed by atoms with Gasteiger partial charge in [0.2, 0.25) is 0 Å². The molecule has 1 aromatic heterocycles. The van der Waals surface area contributed by atoms with E-state index in [9.17, 15) is 0 Å². The van der Waals surface area contributed by atoms with Crippen LogP contribution in [0.25, 0.3) is 10.9 Å². The zero-order chi connectivity index (χ0) is 11.0. The molecule has 0 aliphatic carbocycles. The van der Waals surface area contributed by atoms with Gasteiger partial charge in [-0.25, -0.2) is 9.97 Å². The van der Waals surface area contributed by atoms with E-state index in [1.54, 1.807) is 0 Å². The van der Waals surface area contributed by atoms with Crippen molar-refractivity contribution in [2.45, 2.75) is 13.0 Å². The smallest absolute Gasteiger partial charge is 0.147 e. The molecule has 0 saturated heterocycles. The summed E-state index contributed by atoms with van der Waals surface area (Å²) >= 11 is 9.43. The number of nitrogens with two attached hydrogens (primary N) is 1. The number of hydrogen-bond donors (Lipinski definition) is 1. The first kappa shape index (κ1) is 10.8. The Bertz CT molecular complexity index is 513. The molecule has 1 atom stereocenters. The Kier molecular flexibility index (Phi) is 2.91. The van der Waals surface area contributed by atoms with Crippen LogP contribution in [-0.4, -0.2) is 9.97 Å². The van der Waals surface area contributed by atoms with Crippen molar-refractivity contribution in [2.24, 2.45) is 5.73 Å². The molecule has 3 nitrogen and oxygen atoms in total. The summed E-state index contributed by atoms with van der Waals surface area (Å²) in [4.78, 5) is 8.49. The van der Waals surface area contributed by atoms with Crippen molar-refractivity contribution in [1.29, 1.82) is 0 Å². The normalized spacial score (nSPS) is 13.1. The van der Waals surface area contributed by atoms with Crippen LogP contribution in [0.4, 0.5) is 0 Å². The Morgan fingerprint density at radius 1 is 1.40 bits per heavy atom. The van der Waals surface area contributed by atoms with Gasteiger partial charge in [-0.3, -0.25) is 0 Å². The van der Waals surface area contributed by atoms with E-state index in [0.717, 1.165) is 15.4 Å². The number of fused-ring (bicyclic) bond motifs is 1. The molecule has 1 unspecified atom stereocenters. The molecule has 1 heterocycles. The molecule has 1 aromatic carbocycles. The van der Waals surface area contributed by atoms with Gasteiger partial charge in [-0.1, -0.05) is 27.5 Å². The van der Waals surface area contributed by atoms with Crippen LogP contribution in [0.2, 0.25) is 5.15 Å². The van der Waals surface area contributed by atoms with Crippen molar-refractivity contribution >= 4 is 38.4 Å². The van der Waals surface area contributed by atoms with E-state index in [1.807, 2.05) is 25.1 Å². The highest BCUT2D eigenvalue weighted by atomic mass is 79.9. The fourth-order valence-corrected chi connectivity index (χ4v) is 1.88. The molecule has 0 saturated carbocycles. The van der Waals surface area contributed by atoms with Crippen molar-refractivity contribution in [3.63, 3.8) is 0 Å². The van der Waals surface area contributed by atoms with Crippen molar-refractivity contribution in [3.05, 3.63) is 33.6 Å². The van der Waals surface area contributed by atoms with E-state index in [0.29, 0.717) is 11.0 Å². The van der Waals surface area contributed by atoms with Gasteiger partial charge < -0.3 is 5.73 Å². The molecule has 0 bridgehead atoms. The predicted octanol–water partition coefficient (Wildman–Crippen LogP) is 3.07. The fraction of sp³-hybridized carbons (Fsp3) is 0.200. The lowest BCUT2D eigenvalue weighted by Crippen LogP contribution is -2.10. The Balaban J connectivity index is 2.73. The minimum absolute atomic E-state index is 0.212. The maximum atomic E-state index is 6.05. The Morgan fingerprint density at radius 3 is 2.80 bits per heavy atom. The summed E-state index contributed by atoms with van der Waals surface area (Å²) in [7, 11) is 0. The summed E-state index contributed by atoms with van der Waals surface area (Å²) < 4.78 is 0.953. The standard InChI is InChI=1S/C10H9BrClN3/c1-5(13)10-14-8-3-2-6(11)4-7(8)9(12)15-10/h2-5H,13H2,1H3. The van der Waals surface area contributed by atoms with Crippen LogP contribution in [0.3, 0.4) is 0 Å². The number of rotatable bonds is 1. The van der Waals surface area contributed by atoms with E-state index >= 15 is 0 Å². The topological polar surface area (TPSA) is 51.8 Å². The highest BCUT2D eigenvalue weighted by molar-refractivity contribution is 9.10. The van der Waals surface area contributed by atoms with Gasteiger partial charge >= 0.3 is 0 Å². The minimum atomic E-state index is -0.212. The third-order valence-corrected chi connectivity index (χ3v) is 2.82. The van der Waals surface area contributed by atoms with Crippen LogP contribution in [0, 0.1) is 0 Å². The Morgan fingerprint density at radius 2 is 2.13 bits per heavy atom. The van der Waals surface area contributed by atoms with Gasteiger partial charge in [-0.15, -0.1) is 0 Å². The molecule has 0 spiro atoms. The van der Waals surface area contributed by atoms with Crippen LogP contribution in [0.15, 0.2) is 22.7 Å². The van der Waals surface area contributed by atoms with E-state index in [2.05, 4.69) is 25.9 Å². The first-order valence-corrected chi connectivity index (χ1v) is 5.63. The lowest BCUT2D eigenvalue weighted by molar-refractivity contribution is 0.746. The minimum Gasteiger partial charge on any atom is -0.322 e. The SMILES string of the molecule is CC(N)c1nc(Cl)c2cc(Br)ccc2n1. The molecular formula is C10H9BrClN3. The predicted molar refractivity (Wildman–Crippen MR) is 64.9 cm³/mol. The molecule has 5 heteroatoms. The van der Waals surface area contributed by atoms with E-state index in [4.69, 9.17) is 17.3 Å². The molecule has 0 aliphatic rings. The van der Waals surface area contributed by atoms with E-state index in [-0.39, 0.29) is 6.04 Å². The second kappa shape index (κ2) is 4.04. The number of benzene rings is 1. The van der Waals surface area contributed by atoms with Crippen LogP contribution < -0.4 is 5.73 Å². The lowest BCUT2D eigenvalue weighted by atomic mass is 10.2. The van der Waals surface area contributed by atoms with Gasteiger partial charge in [0.15, 0.2) is 0 Å². The summed E-state index contributed by atoms with van der Waals surface area (Å²) in [6.45, 7) is 1.83. The summed E-state index contributed by atoms with van der Waals surface area (Å²) in [5.41, 5.74) is 6.52. The molecule has 2 aromatic rings. The second-order valence-corrected chi connectivity index (χ2v) is 4.60.